The Morgan fingerprint density at radius 1 is 1.27 bits per heavy atom. The van der Waals surface area contributed by atoms with Gasteiger partial charge in [0.1, 0.15) is 0 Å². The lowest BCUT2D eigenvalue weighted by Gasteiger charge is -2.38. The first-order chi connectivity index (χ1) is 12.6. The fourth-order valence-electron chi connectivity index (χ4n) is 3.79. The number of fused-ring (bicyclic) bond motifs is 1. The van der Waals surface area contributed by atoms with Gasteiger partial charge in [-0.3, -0.25) is 4.79 Å². The van der Waals surface area contributed by atoms with E-state index in [1.807, 2.05) is 4.90 Å². The standard InChI is InChI=1S/C19H21N3O4/c1-19(18-20-16(21-26-18)12-3-4-12)7-2-8-22(10-19)17(23)13-5-6-14-15(9-13)25-11-24-14/h5-6,9,12H,2-4,7-8,10-11H2,1H3/t19-/m0/s1. The van der Waals surface area contributed by atoms with Gasteiger partial charge >= 0.3 is 0 Å². The summed E-state index contributed by atoms with van der Waals surface area (Å²) in [5.41, 5.74) is 0.312. The lowest BCUT2D eigenvalue weighted by molar-refractivity contribution is 0.0619. The van der Waals surface area contributed by atoms with E-state index in [2.05, 4.69) is 17.1 Å². The Balaban J connectivity index is 1.36. The summed E-state index contributed by atoms with van der Waals surface area (Å²) in [6, 6.07) is 5.34. The van der Waals surface area contributed by atoms with Gasteiger partial charge in [0.2, 0.25) is 12.7 Å². The maximum Gasteiger partial charge on any atom is 0.254 e. The number of hydrogen-bond acceptors (Lipinski definition) is 6. The smallest absolute Gasteiger partial charge is 0.254 e. The molecular formula is C19H21N3O4. The Bertz CT molecular complexity index is 860. The summed E-state index contributed by atoms with van der Waals surface area (Å²) in [6.07, 6.45) is 4.13. The molecule has 0 unspecified atom stereocenters. The molecule has 1 atom stereocenters. The van der Waals surface area contributed by atoms with E-state index in [9.17, 15) is 4.79 Å². The minimum Gasteiger partial charge on any atom is -0.454 e. The third-order valence-electron chi connectivity index (χ3n) is 5.50. The molecule has 2 aliphatic heterocycles. The van der Waals surface area contributed by atoms with Crippen molar-refractivity contribution in [1.29, 1.82) is 0 Å². The van der Waals surface area contributed by atoms with Crippen LogP contribution in [0.5, 0.6) is 11.5 Å². The number of piperidine rings is 1. The predicted molar refractivity (Wildman–Crippen MR) is 91.3 cm³/mol. The van der Waals surface area contributed by atoms with Crippen LogP contribution in [0, 0.1) is 0 Å². The van der Waals surface area contributed by atoms with Crippen LogP contribution in [0.2, 0.25) is 0 Å². The van der Waals surface area contributed by atoms with Crippen molar-refractivity contribution in [3.05, 3.63) is 35.5 Å². The van der Waals surface area contributed by atoms with Gasteiger partial charge in [0.15, 0.2) is 17.3 Å². The summed E-state index contributed by atoms with van der Waals surface area (Å²) in [5, 5.41) is 4.15. The van der Waals surface area contributed by atoms with Gasteiger partial charge < -0.3 is 18.9 Å². The minimum atomic E-state index is -0.301. The largest absolute Gasteiger partial charge is 0.454 e. The summed E-state index contributed by atoms with van der Waals surface area (Å²) < 4.78 is 16.3. The van der Waals surface area contributed by atoms with Gasteiger partial charge in [-0.25, -0.2) is 0 Å². The maximum absolute atomic E-state index is 13.0. The van der Waals surface area contributed by atoms with Crippen molar-refractivity contribution in [2.75, 3.05) is 19.9 Å². The van der Waals surface area contributed by atoms with Gasteiger partial charge in [0.25, 0.3) is 5.91 Å². The molecule has 0 spiro atoms. The Labute approximate surface area is 151 Å². The number of benzene rings is 1. The number of hydrogen-bond donors (Lipinski definition) is 0. The van der Waals surface area contributed by atoms with E-state index < -0.39 is 0 Å². The molecule has 1 aromatic heterocycles. The molecule has 1 aliphatic carbocycles. The molecule has 136 valence electrons. The Kier molecular flexibility index (Phi) is 3.45. The maximum atomic E-state index is 13.0. The van der Waals surface area contributed by atoms with Crippen LogP contribution in [0.1, 0.15) is 60.6 Å². The first-order valence-electron chi connectivity index (χ1n) is 9.15. The first-order valence-corrected chi connectivity index (χ1v) is 9.15. The molecule has 0 N–H and O–H groups in total. The number of rotatable bonds is 3. The monoisotopic (exact) mass is 355 g/mol. The average Bonchev–Trinajstić information content (AvgIpc) is 3.19. The van der Waals surface area contributed by atoms with E-state index >= 15 is 0 Å². The molecule has 0 radical (unpaired) electrons. The van der Waals surface area contributed by atoms with Gasteiger partial charge in [-0.05, 0) is 50.8 Å². The zero-order chi connectivity index (χ0) is 17.7. The van der Waals surface area contributed by atoms with Crippen molar-refractivity contribution >= 4 is 5.91 Å². The number of aromatic nitrogens is 2. The summed E-state index contributed by atoms with van der Waals surface area (Å²) in [4.78, 5) is 19.5. The third-order valence-corrected chi connectivity index (χ3v) is 5.50. The van der Waals surface area contributed by atoms with E-state index in [0.29, 0.717) is 35.4 Å². The van der Waals surface area contributed by atoms with E-state index in [1.54, 1.807) is 18.2 Å². The van der Waals surface area contributed by atoms with Crippen LogP contribution in [0.4, 0.5) is 0 Å². The quantitative estimate of drug-likeness (QED) is 0.842. The topological polar surface area (TPSA) is 77.7 Å². The van der Waals surface area contributed by atoms with Crippen LogP contribution in [0.3, 0.4) is 0 Å². The minimum absolute atomic E-state index is 0.00356. The molecule has 5 rings (SSSR count). The van der Waals surface area contributed by atoms with Crippen molar-refractivity contribution in [3.63, 3.8) is 0 Å². The van der Waals surface area contributed by atoms with Crippen molar-refractivity contribution < 1.29 is 18.8 Å². The first kappa shape index (κ1) is 15.7. The average molecular weight is 355 g/mol. The molecule has 3 aliphatic rings. The van der Waals surface area contributed by atoms with Crippen LogP contribution in [-0.2, 0) is 5.41 Å². The zero-order valence-corrected chi connectivity index (χ0v) is 14.7. The Morgan fingerprint density at radius 2 is 2.12 bits per heavy atom. The fourth-order valence-corrected chi connectivity index (χ4v) is 3.79. The third kappa shape index (κ3) is 2.62. The van der Waals surface area contributed by atoms with E-state index in [1.165, 1.54) is 0 Å². The van der Waals surface area contributed by atoms with Gasteiger partial charge in [0.05, 0.1) is 5.41 Å². The van der Waals surface area contributed by atoms with Crippen LogP contribution in [0.25, 0.3) is 0 Å². The molecule has 1 saturated heterocycles. The molecular weight excluding hydrogens is 334 g/mol. The van der Waals surface area contributed by atoms with Crippen molar-refractivity contribution in [2.24, 2.45) is 0 Å². The Morgan fingerprint density at radius 3 is 2.96 bits per heavy atom. The number of carbonyl (C=O) groups excluding carboxylic acids is 1. The molecule has 1 amide bonds. The van der Waals surface area contributed by atoms with Crippen molar-refractivity contribution in [2.45, 2.75) is 43.9 Å². The second kappa shape index (κ2) is 5.72. The number of amides is 1. The highest BCUT2D eigenvalue weighted by molar-refractivity contribution is 5.95. The second-order valence-corrected chi connectivity index (χ2v) is 7.69. The number of carbonyl (C=O) groups is 1. The Hall–Kier alpha value is -2.57. The number of ether oxygens (including phenoxy) is 2. The van der Waals surface area contributed by atoms with Gasteiger partial charge in [-0.1, -0.05) is 5.16 Å². The van der Waals surface area contributed by atoms with Gasteiger partial charge in [0, 0.05) is 24.6 Å². The molecule has 3 heterocycles. The summed E-state index contributed by atoms with van der Waals surface area (Å²) in [6.45, 7) is 3.62. The van der Waals surface area contributed by atoms with Crippen molar-refractivity contribution in [3.8, 4) is 11.5 Å². The van der Waals surface area contributed by atoms with Gasteiger partial charge in [-0.2, -0.15) is 4.98 Å². The summed E-state index contributed by atoms with van der Waals surface area (Å²) in [5.74, 6) is 3.25. The normalized spacial score (nSPS) is 24.7. The molecule has 0 bridgehead atoms. The van der Waals surface area contributed by atoms with E-state index in [0.717, 1.165) is 38.1 Å². The number of likely N-dealkylation sites (tertiary alicyclic amines) is 1. The molecule has 7 nitrogen and oxygen atoms in total. The molecule has 26 heavy (non-hydrogen) atoms. The SMILES string of the molecule is C[C@]1(c2nc(C3CC3)no2)CCCN(C(=O)c2ccc3c(c2)OCO3)C1. The van der Waals surface area contributed by atoms with Gasteiger partial charge in [-0.15, -0.1) is 0 Å². The fraction of sp³-hybridized carbons (Fsp3) is 0.526. The van der Waals surface area contributed by atoms with E-state index in [4.69, 9.17) is 14.0 Å². The van der Waals surface area contributed by atoms with Crippen LogP contribution in [-0.4, -0.2) is 40.8 Å². The predicted octanol–water partition coefficient (Wildman–Crippen LogP) is 2.87. The second-order valence-electron chi connectivity index (χ2n) is 7.69. The van der Waals surface area contributed by atoms with Crippen LogP contribution >= 0.6 is 0 Å². The van der Waals surface area contributed by atoms with E-state index in [-0.39, 0.29) is 18.1 Å². The molecule has 1 saturated carbocycles. The highest BCUT2D eigenvalue weighted by Gasteiger charge is 2.41. The zero-order valence-electron chi connectivity index (χ0n) is 14.7. The molecule has 1 aromatic carbocycles. The van der Waals surface area contributed by atoms with Crippen LogP contribution in [0.15, 0.2) is 22.7 Å². The summed E-state index contributed by atoms with van der Waals surface area (Å²) in [7, 11) is 0. The molecule has 2 aromatic rings. The van der Waals surface area contributed by atoms with Crippen molar-refractivity contribution in [1.82, 2.24) is 15.0 Å². The lowest BCUT2D eigenvalue weighted by Crippen LogP contribution is -2.47. The number of nitrogens with zero attached hydrogens (tertiary/aromatic N) is 3. The lowest BCUT2D eigenvalue weighted by atomic mass is 9.81. The molecule has 2 fully saturated rings. The highest BCUT2D eigenvalue weighted by atomic mass is 16.7. The van der Waals surface area contributed by atoms with Crippen LogP contribution < -0.4 is 9.47 Å². The highest BCUT2D eigenvalue weighted by Crippen LogP contribution is 2.40. The summed E-state index contributed by atoms with van der Waals surface area (Å²) >= 11 is 0. The molecule has 7 heteroatoms.